The van der Waals surface area contributed by atoms with Crippen LogP contribution in [0.25, 0.3) is 0 Å². The smallest absolute Gasteiger partial charge is 0.132 e. The average Bonchev–Trinajstić information content (AvgIpc) is 2.23. The average molecular weight is 251 g/mol. The lowest BCUT2D eigenvalue weighted by Crippen LogP contribution is -2.21. The van der Waals surface area contributed by atoms with Gasteiger partial charge in [0.15, 0.2) is 0 Å². The lowest BCUT2D eigenvalue weighted by Gasteiger charge is -2.20. The van der Waals surface area contributed by atoms with Gasteiger partial charge < -0.3 is 10.4 Å². The number of aliphatic hydroxyl groups is 1. The maximum absolute atomic E-state index is 9.66. The summed E-state index contributed by atoms with van der Waals surface area (Å²) in [6.07, 6.45) is 4.43. The fraction of sp³-hybridized carbons (Fsp3) is 0.714. The van der Waals surface area contributed by atoms with Crippen LogP contribution in [0.2, 0.25) is 0 Å². The van der Waals surface area contributed by atoms with Crippen molar-refractivity contribution in [2.24, 2.45) is 0 Å². The Hall–Kier alpha value is -1.16. The van der Waals surface area contributed by atoms with Crippen LogP contribution in [0.5, 0.6) is 0 Å². The fourth-order valence-corrected chi connectivity index (χ4v) is 1.83. The van der Waals surface area contributed by atoms with Crippen molar-refractivity contribution in [3.63, 3.8) is 0 Å². The molecule has 1 atom stereocenters. The second-order valence-electron chi connectivity index (χ2n) is 5.68. The quantitative estimate of drug-likeness (QED) is 0.816. The normalized spacial score (nSPS) is 13.4. The number of aromatic nitrogens is 2. The summed E-state index contributed by atoms with van der Waals surface area (Å²) in [6, 6.07) is 0.348. The molecule has 0 aromatic carbocycles. The van der Waals surface area contributed by atoms with Crippen LogP contribution in [0.1, 0.15) is 51.3 Å². The van der Waals surface area contributed by atoms with Crippen molar-refractivity contribution < 1.29 is 5.11 Å². The first-order chi connectivity index (χ1) is 8.29. The topological polar surface area (TPSA) is 58.0 Å². The SMILES string of the molecule is Cc1ncnc(NC(C)CCCC(C)(C)O)c1C. The zero-order chi connectivity index (χ0) is 13.8. The van der Waals surface area contributed by atoms with Gasteiger partial charge in [0, 0.05) is 17.3 Å². The maximum Gasteiger partial charge on any atom is 0.132 e. The Morgan fingerprint density at radius 1 is 1.33 bits per heavy atom. The molecule has 1 rings (SSSR count). The van der Waals surface area contributed by atoms with Crippen LogP contribution < -0.4 is 5.32 Å². The largest absolute Gasteiger partial charge is 0.390 e. The Kier molecular flexibility index (Phi) is 5.08. The van der Waals surface area contributed by atoms with E-state index in [1.165, 1.54) is 0 Å². The molecule has 2 N–H and O–H groups in total. The van der Waals surface area contributed by atoms with E-state index < -0.39 is 5.60 Å². The number of hydrogen-bond acceptors (Lipinski definition) is 4. The molecule has 0 saturated heterocycles. The summed E-state index contributed by atoms with van der Waals surface area (Å²) in [4.78, 5) is 8.42. The third-order valence-electron chi connectivity index (χ3n) is 3.14. The highest BCUT2D eigenvalue weighted by molar-refractivity contribution is 5.45. The Morgan fingerprint density at radius 3 is 2.61 bits per heavy atom. The van der Waals surface area contributed by atoms with Crippen molar-refractivity contribution in [2.75, 3.05) is 5.32 Å². The van der Waals surface area contributed by atoms with Gasteiger partial charge in [-0.15, -0.1) is 0 Å². The van der Waals surface area contributed by atoms with Crippen LogP contribution in [0.3, 0.4) is 0 Å². The van der Waals surface area contributed by atoms with Gasteiger partial charge in [-0.25, -0.2) is 9.97 Å². The molecule has 1 unspecified atom stereocenters. The van der Waals surface area contributed by atoms with Crippen LogP contribution in [0, 0.1) is 13.8 Å². The molecule has 102 valence electrons. The second kappa shape index (κ2) is 6.14. The number of hydrogen-bond donors (Lipinski definition) is 2. The van der Waals surface area contributed by atoms with E-state index in [1.54, 1.807) is 6.33 Å². The van der Waals surface area contributed by atoms with E-state index in [2.05, 4.69) is 22.2 Å². The predicted octanol–water partition coefficient (Wildman–Crippen LogP) is 2.84. The summed E-state index contributed by atoms with van der Waals surface area (Å²) in [5, 5.41) is 13.1. The zero-order valence-electron chi connectivity index (χ0n) is 12.1. The van der Waals surface area contributed by atoms with Crippen molar-refractivity contribution in [1.82, 2.24) is 9.97 Å². The summed E-state index contributed by atoms with van der Waals surface area (Å²) < 4.78 is 0. The molecule has 0 saturated carbocycles. The number of anilines is 1. The third-order valence-corrected chi connectivity index (χ3v) is 3.14. The monoisotopic (exact) mass is 251 g/mol. The Bertz CT molecular complexity index is 385. The van der Waals surface area contributed by atoms with Crippen molar-refractivity contribution in [1.29, 1.82) is 0 Å². The van der Waals surface area contributed by atoms with E-state index in [4.69, 9.17) is 0 Å². The van der Waals surface area contributed by atoms with Gasteiger partial charge >= 0.3 is 0 Å². The van der Waals surface area contributed by atoms with Crippen LogP contribution in [0.4, 0.5) is 5.82 Å². The lowest BCUT2D eigenvalue weighted by atomic mass is 10.00. The highest BCUT2D eigenvalue weighted by Crippen LogP contribution is 2.17. The minimum absolute atomic E-state index is 0.348. The highest BCUT2D eigenvalue weighted by atomic mass is 16.3. The molecule has 0 fully saturated rings. The molecule has 0 amide bonds. The van der Waals surface area contributed by atoms with E-state index >= 15 is 0 Å². The molecular weight excluding hydrogens is 226 g/mol. The van der Waals surface area contributed by atoms with E-state index in [0.717, 1.165) is 36.3 Å². The van der Waals surface area contributed by atoms with Gasteiger partial charge in [-0.3, -0.25) is 0 Å². The van der Waals surface area contributed by atoms with Crippen LogP contribution in [-0.2, 0) is 0 Å². The molecule has 0 aliphatic rings. The first-order valence-electron chi connectivity index (χ1n) is 6.57. The van der Waals surface area contributed by atoms with Gasteiger partial charge in [0.25, 0.3) is 0 Å². The summed E-state index contributed by atoms with van der Waals surface area (Å²) in [7, 11) is 0. The molecule has 4 heteroatoms. The standard InChI is InChI=1S/C14H25N3O/c1-10(7-6-8-14(4,5)18)17-13-11(2)12(3)15-9-16-13/h9-10,18H,6-8H2,1-5H3,(H,15,16,17). The minimum Gasteiger partial charge on any atom is -0.390 e. The number of nitrogens with one attached hydrogen (secondary N) is 1. The molecule has 0 spiro atoms. The van der Waals surface area contributed by atoms with Gasteiger partial charge in [-0.2, -0.15) is 0 Å². The molecule has 1 aromatic heterocycles. The molecule has 4 nitrogen and oxygen atoms in total. The first-order valence-corrected chi connectivity index (χ1v) is 6.57. The van der Waals surface area contributed by atoms with Crippen molar-refractivity contribution in [3.8, 4) is 0 Å². The fourth-order valence-electron chi connectivity index (χ4n) is 1.83. The second-order valence-corrected chi connectivity index (χ2v) is 5.68. The molecule has 1 aromatic rings. The Morgan fingerprint density at radius 2 is 2.00 bits per heavy atom. The molecular formula is C14H25N3O. The summed E-state index contributed by atoms with van der Waals surface area (Å²) in [5.41, 5.74) is 1.55. The molecule has 1 heterocycles. The Balaban J connectivity index is 2.45. The predicted molar refractivity (Wildman–Crippen MR) is 74.7 cm³/mol. The van der Waals surface area contributed by atoms with Gasteiger partial charge in [0.2, 0.25) is 0 Å². The van der Waals surface area contributed by atoms with Crippen LogP contribution >= 0.6 is 0 Å². The number of aryl methyl sites for hydroxylation is 1. The highest BCUT2D eigenvalue weighted by Gasteiger charge is 2.13. The summed E-state index contributed by atoms with van der Waals surface area (Å²) in [6.45, 7) is 9.86. The van der Waals surface area contributed by atoms with Gasteiger partial charge in [0.1, 0.15) is 12.1 Å². The van der Waals surface area contributed by atoms with Gasteiger partial charge in [-0.1, -0.05) is 0 Å². The van der Waals surface area contributed by atoms with E-state index in [9.17, 15) is 5.11 Å². The summed E-state index contributed by atoms with van der Waals surface area (Å²) >= 11 is 0. The third kappa shape index (κ3) is 5.00. The Labute approximate surface area is 110 Å². The summed E-state index contributed by atoms with van der Waals surface area (Å²) in [5.74, 6) is 0.915. The first kappa shape index (κ1) is 14.9. The van der Waals surface area contributed by atoms with Crippen molar-refractivity contribution in [3.05, 3.63) is 17.6 Å². The minimum atomic E-state index is -0.568. The van der Waals surface area contributed by atoms with Gasteiger partial charge in [0.05, 0.1) is 5.60 Å². The molecule has 0 radical (unpaired) electrons. The van der Waals surface area contributed by atoms with E-state index in [-0.39, 0.29) is 0 Å². The van der Waals surface area contributed by atoms with Crippen molar-refractivity contribution in [2.45, 2.75) is 65.5 Å². The van der Waals surface area contributed by atoms with E-state index in [1.807, 2.05) is 27.7 Å². The van der Waals surface area contributed by atoms with Crippen LogP contribution in [-0.4, -0.2) is 26.7 Å². The molecule has 0 aliphatic heterocycles. The number of rotatable bonds is 6. The van der Waals surface area contributed by atoms with Gasteiger partial charge in [-0.05, 0) is 53.9 Å². The maximum atomic E-state index is 9.66. The van der Waals surface area contributed by atoms with Crippen molar-refractivity contribution >= 4 is 5.82 Å². The number of nitrogens with zero attached hydrogens (tertiary/aromatic N) is 2. The zero-order valence-corrected chi connectivity index (χ0v) is 12.1. The molecule has 18 heavy (non-hydrogen) atoms. The lowest BCUT2D eigenvalue weighted by molar-refractivity contribution is 0.0680. The molecule has 0 bridgehead atoms. The molecule has 0 aliphatic carbocycles. The van der Waals surface area contributed by atoms with E-state index in [0.29, 0.717) is 6.04 Å². The van der Waals surface area contributed by atoms with Crippen LogP contribution in [0.15, 0.2) is 6.33 Å².